The Labute approximate surface area is 88.1 Å². The highest BCUT2D eigenvalue weighted by atomic mass is 35.5. The number of thiophene rings is 1. The SMILES string of the molecule is O=C(O)C(F)(F)CCc1ccc(Cl)s1. The third-order valence-corrected chi connectivity index (χ3v) is 2.92. The van der Waals surface area contributed by atoms with Crippen molar-refractivity contribution >= 4 is 28.9 Å². The van der Waals surface area contributed by atoms with Crippen LogP contribution in [-0.2, 0) is 11.2 Å². The molecule has 0 spiro atoms. The Balaban J connectivity index is 2.52. The first-order chi connectivity index (χ1) is 6.42. The molecule has 0 fully saturated rings. The topological polar surface area (TPSA) is 37.3 Å². The zero-order chi connectivity index (χ0) is 10.8. The Kier molecular flexibility index (Phi) is 3.44. The van der Waals surface area contributed by atoms with E-state index < -0.39 is 18.3 Å². The fraction of sp³-hybridized carbons (Fsp3) is 0.375. The molecule has 1 N–H and O–H groups in total. The molecule has 6 heteroatoms. The highest BCUT2D eigenvalue weighted by Gasteiger charge is 2.38. The lowest BCUT2D eigenvalue weighted by Gasteiger charge is -2.09. The molecule has 2 nitrogen and oxygen atoms in total. The van der Waals surface area contributed by atoms with Gasteiger partial charge in [0.15, 0.2) is 0 Å². The predicted molar refractivity (Wildman–Crippen MR) is 50.2 cm³/mol. The molecule has 0 unspecified atom stereocenters. The lowest BCUT2D eigenvalue weighted by molar-refractivity contribution is -0.165. The standard InChI is InChI=1S/C8H7ClF2O2S/c9-6-2-1-5(14-6)3-4-8(10,11)7(12)13/h1-2H,3-4H2,(H,12,13). The van der Waals surface area contributed by atoms with E-state index >= 15 is 0 Å². The number of aryl methyl sites for hydroxylation is 1. The number of hydrogen-bond donors (Lipinski definition) is 1. The van der Waals surface area contributed by atoms with E-state index in [0.29, 0.717) is 9.21 Å². The quantitative estimate of drug-likeness (QED) is 0.878. The highest BCUT2D eigenvalue weighted by molar-refractivity contribution is 7.16. The summed E-state index contributed by atoms with van der Waals surface area (Å²) in [6.07, 6.45) is -0.671. The minimum absolute atomic E-state index is 0.0245. The molecule has 1 aromatic heterocycles. The number of carboxylic acid groups (broad SMARTS) is 1. The second-order valence-corrected chi connectivity index (χ2v) is 4.52. The highest BCUT2D eigenvalue weighted by Crippen LogP contribution is 2.26. The van der Waals surface area contributed by atoms with Crippen molar-refractivity contribution in [2.45, 2.75) is 18.8 Å². The molecule has 78 valence electrons. The summed E-state index contributed by atoms with van der Waals surface area (Å²) < 4.78 is 25.7. The Morgan fingerprint density at radius 2 is 2.21 bits per heavy atom. The fourth-order valence-corrected chi connectivity index (χ4v) is 1.96. The third kappa shape index (κ3) is 2.92. The number of aliphatic carboxylic acids is 1. The van der Waals surface area contributed by atoms with Gasteiger partial charge in [-0.25, -0.2) is 4.79 Å². The minimum Gasteiger partial charge on any atom is -0.477 e. The van der Waals surface area contributed by atoms with Crippen LogP contribution in [0.5, 0.6) is 0 Å². The van der Waals surface area contributed by atoms with Crippen LogP contribution in [0.15, 0.2) is 12.1 Å². The van der Waals surface area contributed by atoms with Crippen LogP contribution in [0.25, 0.3) is 0 Å². The van der Waals surface area contributed by atoms with Gasteiger partial charge in [-0.3, -0.25) is 0 Å². The zero-order valence-electron chi connectivity index (χ0n) is 6.97. The Morgan fingerprint density at radius 3 is 2.64 bits per heavy atom. The van der Waals surface area contributed by atoms with E-state index in [9.17, 15) is 13.6 Å². The van der Waals surface area contributed by atoms with E-state index in [4.69, 9.17) is 16.7 Å². The van der Waals surface area contributed by atoms with Gasteiger partial charge in [-0.1, -0.05) is 11.6 Å². The summed E-state index contributed by atoms with van der Waals surface area (Å²) in [5, 5.41) is 8.15. The van der Waals surface area contributed by atoms with Crippen molar-refractivity contribution in [3.8, 4) is 0 Å². The Morgan fingerprint density at radius 1 is 1.57 bits per heavy atom. The number of hydrogen-bond acceptors (Lipinski definition) is 2. The fourth-order valence-electron chi connectivity index (χ4n) is 0.873. The summed E-state index contributed by atoms with van der Waals surface area (Å²) >= 11 is 6.77. The molecular weight excluding hydrogens is 234 g/mol. The summed E-state index contributed by atoms with van der Waals surface area (Å²) in [7, 11) is 0. The van der Waals surface area contributed by atoms with E-state index in [1.807, 2.05) is 0 Å². The number of carbonyl (C=O) groups is 1. The monoisotopic (exact) mass is 240 g/mol. The molecule has 0 saturated carbocycles. The van der Waals surface area contributed by atoms with Crippen molar-refractivity contribution in [2.24, 2.45) is 0 Å². The van der Waals surface area contributed by atoms with Crippen LogP contribution in [-0.4, -0.2) is 17.0 Å². The van der Waals surface area contributed by atoms with E-state index in [-0.39, 0.29) is 6.42 Å². The van der Waals surface area contributed by atoms with Crippen molar-refractivity contribution in [3.63, 3.8) is 0 Å². The summed E-state index contributed by atoms with van der Waals surface area (Å²) in [4.78, 5) is 10.7. The number of alkyl halides is 2. The summed E-state index contributed by atoms with van der Waals surface area (Å²) in [6, 6.07) is 3.21. The minimum atomic E-state index is -3.66. The van der Waals surface area contributed by atoms with Gasteiger partial charge in [0.05, 0.1) is 4.34 Å². The lowest BCUT2D eigenvalue weighted by Crippen LogP contribution is -2.28. The molecule has 0 radical (unpaired) electrons. The van der Waals surface area contributed by atoms with Gasteiger partial charge >= 0.3 is 11.9 Å². The number of halogens is 3. The molecule has 0 aromatic carbocycles. The number of rotatable bonds is 4. The molecule has 0 atom stereocenters. The molecule has 14 heavy (non-hydrogen) atoms. The molecule has 0 saturated heterocycles. The van der Waals surface area contributed by atoms with Crippen LogP contribution >= 0.6 is 22.9 Å². The largest absolute Gasteiger partial charge is 0.477 e. The van der Waals surface area contributed by atoms with Crippen molar-refractivity contribution in [3.05, 3.63) is 21.3 Å². The van der Waals surface area contributed by atoms with Crippen molar-refractivity contribution < 1.29 is 18.7 Å². The van der Waals surface area contributed by atoms with Gasteiger partial charge in [0.2, 0.25) is 0 Å². The maximum atomic E-state index is 12.6. The second-order valence-electron chi connectivity index (χ2n) is 2.72. The van der Waals surface area contributed by atoms with E-state index in [1.54, 1.807) is 12.1 Å². The molecular formula is C8H7ClF2O2S. The Hall–Kier alpha value is -0.680. The van der Waals surface area contributed by atoms with Gasteiger partial charge in [-0.05, 0) is 18.6 Å². The number of carboxylic acids is 1. The van der Waals surface area contributed by atoms with Crippen molar-refractivity contribution in [1.82, 2.24) is 0 Å². The van der Waals surface area contributed by atoms with Crippen LogP contribution in [0.3, 0.4) is 0 Å². The van der Waals surface area contributed by atoms with E-state index in [1.165, 1.54) is 11.3 Å². The average Bonchev–Trinajstić information content (AvgIpc) is 2.48. The van der Waals surface area contributed by atoms with Gasteiger partial charge in [0, 0.05) is 11.3 Å². The zero-order valence-corrected chi connectivity index (χ0v) is 8.54. The molecule has 0 aliphatic carbocycles. The van der Waals surface area contributed by atoms with Crippen LogP contribution < -0.4 is 0 Å². The van der Waals surface area contributed by atoms with Gasteiger partial charge in [0.1, 0.15) is 0 Å². The summed E-state index contributed by atoms with van der Waals surface area (Å²) in [5.74, 6) is -5.74. The molecule has 1 aromatic rings. The predicted octanol–water partition coefficient (Wildman–Crippen LogP) is 3.05. The normalized spacial score (nSPS) is 11.6. The molecule has 1 heterocycles. The first-order valence-electron chi connectivity index (χ1n) is 3.77. The van der Waals surface area contributed by atoms with Crippen molar-refractivity contribution in [1.29, 1.82) is 0 Å². The summed E-state index contributed by atoms with van der Waals surface area (Å²) in [6.45, 7) is 0. The average molecular weight is 241 g/mol. The van der Waals surface area contributed by atoms with Gasteiger partial charge in [-0.2, -0.15) is 8.78 Å². The smallest absolute Gasteiger partial charge is 0.374 e. The van der Waals surface area contributed by atoms with Crippen LogP contribution in [0, 0.1) is 0 Å². The Bertz CT molecular complexity index is 338. The maximum absolute atomic E-state index is 12.6. The van der Waals surface area contributed by atoms with Crippen LogP contribution in [0.1, 0.15) is 11.3 Å². The van der Waals surface area contributed by atoms with Crippen LogP contribution in [0.4, 0.5) is 8.78 Å². The van der Waals surface area contributed by atoms with Crippen LogP contribution in [0.2, 0.25) is 4.34 Å². The van der Waals surface area contributed by atoms with Gasteiger partial charge < -0.3 is 5.11 Å². The molecule has 0 aliphatic rings. The third-order valence-electron chi connectivity index (χ3n) is 1.63. The summed E-state index contributed by atoms with van der Waals surface area (Å²) in [5.41, 5.74) is 0. The van der Waals surface area contributed by atoms with E-state index in [0.717, 1.165) is 0 Å². The molecule has 0 aliphatic heterocycles. The second kappa shape index (κ2) is 4.23. The lowest BCUT2D eigenvalue weighted by atomic mass is 10.1. The van der Waals surface area contributed by atoms with E-state index in [2.05, 4.69) is 0 Å². The maximum Gasteiger partial charge on any atom is 0.374 e. The van der Waals surface area contributed by atoms with Gasteiger partial charge in [-0.15, -0.1) is 11.3 Å². The first kappa shape index (κ1) is 11.4. The van der Waals surface area contributed by atoms with Gasteiger partial charge in [0.25, 0.3) is 0 Å². The first-order valence-corrected chi connectivity index (χ1v) is 4.97. The molecule has 1 rings (SSSR count). The molecule has 0 bridgehead atoms. The molecule has 0 amide bonds. The van der Waals surface area contributed by atoms with Crippen molar-refractivity contribution in [2.75, 3.05) is 0 Å².